The Bertz CT molecular complexity index is 1270. The van der Waals surface area contributed by atoms with E-state index in [1.807, 2.05) is 13.8 Å². The second kappa shape index (κ2) is 8.91. The van der Waals surface area contributed by atoms with E-state index in [-0.39, 0.29) is 5.43 Å². The van der Waals surface area contributed by atoms with Crippen LogP contribution in [0.15, 0.2) is 70.1 Å². The smallest absolute Gasteiger partial charge is 0.193 e. The van der Waals surface area contributed by atoms with Crippen LogP contribution in [0.5, 0.6) is 0 Å². The van der Waals surface area contributed by atoms with Crippen LogP contribution in [0.3, 0.4) is 0 Å². The highest BCUT2D eigenvalue weighted by atomic mass is 35.5. The summed E-state index contributed by atoms with van der Waals surface area (Å²) in [5.74, 6) is 0.399. The molecule has 0 aliphatic rings. The van der Waals surface area contributed by atoms with Crippen molar-refractivity contribution in [2.45, 2.75) is 13.8 Å². The molecule has 6 heteroatoms. The summed E-state index contributed by atoms with van der Waals surface area (Å²) in [5, 5.41) is 10.2. The number of hydrogen-bond acceptors (Lipinski definition) is 4. The average molecular weight is 423 g/mol. The van der Waals surface area contributed by atoms with Gasteiger partial charge < -0.3 is 4.42 Å². The molecular weight excluding hydrogens is 407 g/mol. The number of benzene rings is 2. The van der Waals surface area contributed by atoms with E-state index in [0.717, 1.165) is 0 Å². The normalized spacial score (nSPS) is 10.2. The topological polar surface area (TPSA) is 66.9 Å². The van der Waals surface area contributed by atoms with Crippen molar-refractivity contribution in [3.8, 4) is 28.5 Å². The van der Waals surface area contributed by atoms with E-state index in [1.165, 1.54) is 12.3 Å². The van der Waals surface area contributed by atoms with Gasteiger partial charge in [-0.25, -0.2) is 0 Å². The van der Waals surface area contributed by atoms with Gasteiger partial charge in [0, 0.05) is 40.2 Å². The number of nitriles is 1. The van der Waals surface area contributed by atoms with Crippen molar-refractivity contribution in [3.63, 3.8) is 0 Å². The minimum Gasteiger partial charge on any atom is -0.455 e. The Morgan fingerprint density at radius 3 is 2.31 bits per heavy atom. The van der Waals surface area contributed by atoms with Crippen LogP contribution < -0.4 is 5.43 Å². The molecule has 0 unspecified atom stereocenters. The third-order valence-electron chi connectivity index (χ3n) is 4.11. The molecule has 0 radical (unpaired) electrons. The minimum atomic E-state index is -0.214. The predicted octanol–water partition coefficient (Wildman–Crippen LogP) is 6.73. The lowest BCUT2D eigenvalue weighted by Gasteiger charge is -2.09. The molecule has 0 aliphatic heterocycles. The summed E-state index contributed by atoms with van der Waals surface area (Å²) < 4.78 is 6.07. The van der Waals surface area contributed by atoms with E-state index in [0.29, 0.717) is 49.0 Å². The molecule has 29 heavy (non-hydrogen) atoms. The highest BCUT2D eigenvalue weighted by Crippen LogP contribution is 2.33. The Labute approximate surface area is 178 Å². The van der Waals surface area contributed by atoms with Crippen LogP contribution in [-0.2, 0) is 0 Å². The maximum absolute atomic E-state index is 12.7. The number of hydrogen-bond donors (Lipinski definition) is 0. The zero-order chi connectivity index (χ0) is 21.0. The van der Waals surface area contributed by atoms with Crippen molar-refractivity contribution < 1.29 is 4.42 Å². The van der Waals surface area contributed by atoms with Crippen molar-refractivity contribution in [1.29, 1.82) is 5.26 Å². The number of nitrogens with zero attached hydrogens (tertiary/aromatic N) is 2. The first kappa shape index (κ1) is 20.6. The van der Waals surface area contributed by atoms with Crippen molar-refractivity contribution in [3.05, 3.63) is 86.8 Å². The number of pyridine rings is 1. The van der Waals surface area contributed by atoms with Gasteiger partial charge in [0.15, 0.2) is 5.43 Å². The van der Waals surface area contributed by atoms with E-state index in [2.05, 4.69) is 11.1 Å². The highest BCUT2D eigenvalue weighted by molar-refractivity contribution is 6.32. The fourth-order valence-corrected chi connectivity index (χ4v) is 3.24. The first-order valence-corrected chi connectivity index (χ1v) is 9.69. The molecule has 2 aromatic heterocycles. The van der Waals surface area contributed by atoms with Gasteiger partial charge in [-0.1, -0.05) is 37.0 Å². The van der Waals surface area contributed by atoms with Gasteiger partial charge in [0.2, 0.25) is 0 Å². The zero-order valence-corrected chi connectivity index (χ0v) is 17.3. The summed E-state index contributed by atoms with van der Waals surface area (Å²) in [5.41, 5.74) is 2.72. The molecule has 4 aromatic rings. The lowest BCUT2D eigenvalue weighted by Crippen LogP contribution is -2.01. The van der Waals surface area contributed by atoms with Crippen LogP contribution in [0.4, 0.5) is 0 Å². The third-order valence-corrected chi connectivity index (χ3v) is 4.53. The molecule has 0 saturated carbocycles. The molecule has 2 aromatic carbocycles. The maximum atomic E-state index is 12.7. The number of aromatic nitrogens is 1. The molecule has 0 fully saturated rings. The Hall–Kier alpha value is -3.13. The highest BCUT2D eigenvalue weighted by Gasteiger charge is 2.14. The van der Waals surface area contributed by atoms with E-state index in [1.54, 1.807) is 48.7 Å². The van der Waals surface area contributed by atoms with Crippen LogP contribution in [0.2, 0.25) is 10.0 Å². The first-order chi connectivity index (χ1) is 14.0. The van der Waals surface area contributed by atoms with Gasteiger partial charge in [-0.15, -0.1) is 0 Å². The monoisotopic (exact) mass is 422 g/mol. The van der Waals surface area contributed by atoms with E-state index in [4.69, 9.17) is 32.9 Å². The van der Waals surface area contributed by atoms with Gasteiger partial charge in [-0.2, -0.15) is 5.26 Å². The maximum Gasteiger partial charge on any atom is 0.193 e. The van der Waals surface area contributed by atoms with Crippen LogP contribution in [0, 0.1) is 11.3 Å². The molecule has 4 nitrogen and oxygen atoms in total. The van der Waals surface area contributed by atoms with E-state index >= 15 is 0 Å². The first-order valence-electron chi connectivity index (χ1n) is 8.94. The summed E-state index contributed by atoms with van der Waals surface area (Å²) in [7, 11) is 0. The number of fused-ring (bicyclic) bond motifs is 1. The molecule has 0 bridgehead atoms. The van der Waals surface area contributed by atoms with Gasteiger partial charge in [-0.05, 0) is 42.5 Å². The van der Waals surface area contributed by atoms with Crippen molar-refractivity contribution >= 4 is 34.2 Å². The van der Waals surface area contributed by atoms with Gasteiger partial charge >= 0.3 is 0 Å². The van der Waals surface area contributed by atoms with Gasteiger partial charge in [0.25, 0.3) is 0 Å². The van der Waals surface area contributed by atoms with E-state index < -0.39 is 0 Å². The van der Waals surface area contributed by atoms with Crippen LogP contribution in [0.25, 0.3) is 33.4 Å². The zero-order valence-electron chi connectivity index (χ0n) is 15.7. The quantitative estimate of drug-likeness (QED) is 0.359. The van der Waals surface area contributed by atoms with Crippen LogP contribution >= 0.6 is 23.2 Å². The van der Waals surface area contributed by atoms with Crippen LogP contribution in [-0.4, -0.2) is 4.98 Å². The van der Waals surface area contributed by atoms with Gasteiger partial charge in [-0.3, -0.25) is 9.78 Å². The van der Waals surface area contributed by atoms with E-state index in [9.17, 15) is 4.79 Å². The van der Waals surface area contributed by atoms with Crippen molar-refractivity contribution in [1.82, 2.24) is 4.98 Å². The fraction of sp³-hybridized carbons (Fsp3) is 0.0870. The summed E-state index contributed by atoms with van der Waals surface area (Å²) in [6.07, 6.45) is 3.15. The molecule has 0 atom stereocenters. The van der Waals surface area contributed by atoms with Gasteiger partial charge in [0.05, 0.1) is 22.0 Å². The molecule has 0 spiro atoms. The fourth-order valence-electron chi connectivity index (χ4n) is 2.85. The molecule has 0 saturated heterocycles. The Morgan fingerprint density at radius 2 is 1.66 bits per heavy atom. The van der Waals surface area contributed by atoms with Crippen molar-refractivity contribution in [2.75, 3.05) is 0 Å². The predicted molar refractivity (Wildman–Crippen MR) is 117 cm³/mol. The molecular formula is C23H16Cl2N2O2. The third kappa shape index (κ3) is 4.32. The standard InChI is InChI=1S/C21H10Cl2N2O2.C2H6/c22-15-6-17(14-5-16(23)11-25-10-14)21-18(7-15)19(26)8-20(27-21)13-3-1-12(9-24)2-4-13;1-2/h1-8,10-11H;1-2H3. The number of rotatable bonds is 2. The molecule has 0 aliphatic carbocycles. The van der Waals surface area contributed by atoms with Gasteiger partial charge in [0.1, 0.15) is 11.3 Å². The lowest BCUT2D eigenvalue weighted by atomic mass is 10.0. The summed E-state index contributed by atoms with van der Waals surface area (Å²) >= 11 is 12.3. The Kier molecular flexibility index (Phi) is 6.33. The largest absolute Gasteiger partial charge is 0.455 e. The Morgan fingerprint density at radius 1 is 0.931 bits per heavy atom. The lowest BCUT2D eigenvalue weighted by molar-refractivity contribution is 0.620. The summed E-state index contributed by atoms with van der Waals surface area (Å²) in [6.45, 7) is 4.00. The van der Waals surface area contributed by atoms with Crippen molar-refractivity contribution in [2.24, 2.45) is 0 Å². The molecule has 0 N–H and O–H groups in total. The molecule has 2 heterocycles. The second-order valence-corrected chi connectivity index (χ2v) is 6.76. The minimum absolute atomic E-state index is 0.214. The average Bonchev–Trinajstić information content (AvgIpc) is 2.75. The number of halogens is 2. The molecule has 0 amide bonds. The Balaban J connectivity index is 0.00000117. The molecule has 4 rings (SSSR count). The SMILES string of the molecule is CC.N#Cc1ccc(-c2cc(=O)c3cc(Cl)cc(-c4cncc(Cl)c4)c3o2)cc1. The summed E-state index contributed by atoms with van der Waals surface area (Å²) in [4.78, 5) is 16.8. The second-order valence-electron chi connectivity index (χ2n) is 5.89. The van der Waals surface area contributed by atoms with Crippen LogP contribution in [0.1, 0.15) is 19.4 Å². The summed E-state index contributed by atoms with van der Waals surface area (Å²) in [6, 6.07) is 15.3. The molecule has 144 valence electrons.